The van der Waals surface area contributed by atoms with Gasteiger partial charge in [0.15, 0.2) is 0 Å². The Bertz CT molecular complexity index is 747. The van der Waals surface area contributed by atoms with Crippen LogP contribution in [-0.4, -0.2) is 51.1 Å². The van der Waals surface area contributed by atoms with Crippen molar-refractivity contribution < 1.29 is 14.3 Å². The van der Waals surface area contributed by atoms with Crippen molar-refractivity contribution >= 4 is 17.5 Å². The smallest absolute Gasteiger partial charge is 0.271 e. The molecule has 132 valence electrons. The fourth-order valence-electron chi connectivity index (χ4n) is 2.86. The van der Waals surface area contributed by atoms with E-state index in [9.17, 15) is 14.3 Å². The van der Waals surface area contributed by atoms with Crippen LogP contribution >= 0.6 is 11.6 Å². The van der Waals surface area contributed by atoms with E-state index in [-0.39, 0.29) is 23.5 Å². The normalized spacial score (nSPS) is 21.1. The minimum Gasteiger partial charge on any atom is -0.390 e. The predicted octanol–water partition coefficient (Wildman–Crippen LogP) is 1.63. The first-order valence-electron chi connectivity index (χ1n) is 7.94. The van der Waals surface area contributed by atoms with Gasteiger partial charge in [0.25, 0.3) is 5.91 Å². The van der Waals surface area contributed by atoms with Crippen molar-refractivity contribution in [1.82, 2.24) is 20.2 Å². The third kappa shape index (κ3) is 4.50. The molecule has 1 saturated heterocycles. The molecule has 6 nitrogen and oxygen atoms in total. The van der Waals surface area contributed by atoms with Crippen LogP contribution in [0.1, 0.15) is 22.5 Å². The number of piperidine rings is 1. The molecule has 1 aromatic carbocycles. The first-order valence-corrected chi connectivity index (χ1v) is 8.32. The van der Waals surface area contributed by atoms with Crippen LogP contribution in [-0.2, 0) is 6.54 Å². The van der Waals surface area contributed by atoms with E-state index in [1.165, 1.54) is 30.7 Å². The molecule has 2 atom stereocenters. The maximum atomic E-state index is 13.1. The summed E-state index contributed by atoms with van der Waals surface area (Å²) in [5.74, 6) is -0.730. The van der Waals surface area contributed by atoms with Gasteiger partial charge in [-0.25, -0.2) is 9.37 Å². The highest BCUT2D eigenvalue weighted by Crippen LogP contribution is 2.21. The zero-order valence-corrected chi connectivity index (χ0v) is 14.2. The second-order valence-corrected chi connectivity index (χ2v) is 6.40. The number of carbonyl (C=O) groups excluding carboxylic acids is 1. The molecule has 2 N–H and O–H groups in total. The lowest BCUT2D eigenvalue weighted by atomic mass is 10.0. The monoisotopic (exact) mass is 364 g/mol. The number of β-amino-alcohol motifs (C(OH)–C–C–N with tert-alkyl or cyclic N) is 1. The van der Waals surface area contributed by atoms with Crippen molar-refractivity contribution in [3.8, 4) is 0 Å². The molecule has 8 heteroatoms. The molecule has 0 unspecified atom stereocenters. The van der Waals surface area contributed by atoms with Crippen LogP contribution in [0, 0.1) is 5.82 Å². The molecule has 25 heavy (non-hydrogen) atoms. The van der Waals surface area contributed by atoms with E-state index in [1.807, 2.05) is 4.90 Å². The number of hydrogen-bond acceptors (Lipinski definition) is 5. The highest BCUT2D eigenvalue weighted by Gasteiger charge is 2.29. The van der Waals surface area contributed by atoms with Crippen molar-refractivity contribution in [2.24, 2.45) is 0 Å². The van der Waals surface area contributed by atoms with Gasteiger partial charge in [0, 0.05) is 37.1 Å². The molecule has 0 spiro atoms. The lowest BCUT2D eigenvalue weighted by molar-refractivity contribution is 0.0348. The standard InChI is InChI=1S/C17H18ClFN4O2/c18-13-7-12(19)2-1-11(13)9-23-6-3-14(16(24)10-23)22-17(25)15-8-20-4-5-21-15/h1-2,4-5,7-8,14,16,24H,3,6,9-10H2,(H,22,25)/t14-,16-/m0/s1. The van der Waals surface area contributed by atoms with Crippen molar-refractivity contribution in [2.45, 2.75) is 25.1 Å². The predicted molar refractivity (Wildman–Crippen MR) is 90.6 cm³/mol. The van der Waals surface area contributed by atoms with Crippen LogP contribution in [0.5, 0.6) is 0 Å². The molecule has 2 aromatic rings. The van der Waals surface area contributed by atoms with Gasteiger partial charge in [0.1, 0.15) is 11.5 Å². The second kappa shape index (κ2) is 7.86. The van der Waals surface area contributed by atoms with E-state index < -0.39 is 6.10 Å². The van der Waals surface area contributed by atoms with Crippen molar-refractivity contribution in [1.29, 1.82) is 0 Å². The summed E-state index contributed by atoms with van der Waals surface area (Å²) in [6.45, 7) is 1.58. The van der Waals surface area contributed by atoms with Crippen LogP contribution in [0.4, 0.5) is 4.39 Å². The largest absolute Gasteiger partial charge is 0.390 e. The number of amides is 1. The Kier molecular flexibility index (Phi) is 5.57. The minimum absolute atomic E-state index is 0.218. The number of benzene rings is 1. The number of nitrogens with zero attached hydrogens (tertiary/aromatic N) is 3. The van der Waals surface area contributed by atoms with Crippen LogP contribution in [0.25, 0.3) is 0 Å². The minimum atomic E-state index is -0.714. The first-order chi connectivity index (χ1) is 12.0. The Labute approximate surface area is 149 Å². The summed E-state index contributed by atoms with van der Waals surface area (Å²) in [4.78, 5) is 21.9. The molecule has 1 aliphatic rings. The summed E-state index contributed by atoms with van der Waals surface area (Å²) in [5.41, 5.74) is 1.02. The maximum Gasteiger partial charge on any atom is 0.271 e. The Balaban J connectivity index is 1.56. The third-order valence-corrected chi connectivity index (χ3v) is 4.54. The van der Waals surface area contributed by atoms with Gasteiger partial charge in [-0.1, -0.05) is 17.7 Å². The lowest BCUT2D eigenvalue weighted by Crippen LogP contribution is -2.53. The van der Waals surface area contributed by atoms with Crippen LogP contribution in [0.15, 0.2) is 36.8 Å². The van der Waals surface area contributed by atoms with E-state index in [1.54, 1.807) is 6.07 Å². The van der Waals surface area contributed by atoms with Crippen LogP contribution in [0.3, 0.4) is 0 Å². The topological polar surface area (TPSA) is 78.4 Å². The Morgan fingerprint density at radius 2 is 2.28 bits per heavy atom. The molecule has 3 rings (SSSR count). The SMILES string of the molecule is O=C(N[C@H]1CCN(Cc2ccc(F)cc2Cl)C[C@@H]1O)c1cnccn1. The highest BCUT2D eigenvalue weighted by atomic mass is 35.5. The van der Waals surface area contributed by atoms with Gasteiger partial charge in [-0.2, -0.15) is 0 Å². The quantitative estimate of drug-likeness (QED) is 0.862. The number of rotatable bonds is 4. The van der Waals surface area contributed by atoms with Gasteiger partial charge in [-0.3, -0.25) is 14.7 Å². The number of aromatic nitrogens is 2. The molecular weight excluding hydrogens is 347 g/mol. The summed E-state index contributed by atoms with van der Waals surface area (Å²) in [6.07, 6.45) is 4.19. The second-order valence-electron chi connectivity index (χ2n) is 6.00. The van der Waals surface area contributed by atoms with Gasteiger partial charge in [0.05, 0.1) is 18.3 Å². The van der Waals surface area contributed by atoms with Crippen molar-refractivity contribution in [2.75, 3.05) is 13.1 Å². The van der Waals surface area contributed by atoms with E-state index in [2.05, 4.69) is 15.3 Å². The Morgan fingerprint density at radius 1 is 1.44 bits per heavy atom. The molecule has 0 bridgehead atoms. The molecule has 1 aromatic heterocycles. The molecule has 1 fully saturated rings. The number of likely N-dealkylation sites (tertiary alicyclic amines) is 1. The summed E-state index contributed by atoms with van der Waals surface area (Å²) in [7, 11) is 0. The number of aliphatic hydroxyl groups excluding tert-OH is 1. The average Bonchev–Trinajstić information content (AvgIpc) is 2.60. The fraction of sp³-hybridized carbons (Fsp3) is 0.353. The number of aliphatic hydroxyl groups is 1. The zero-order valence-electron chi connectivity index (χ0n) is 13.4. The van der Waals surface area contributed by atoms with Crippen molar-refractivity contribution in [3.63, 3.8) is 0 Å². The highest BCUT2D eigenvalue weighted by molar-refractivity contribution is 6.31. The summed E-state index contributed by atoms with van der Waals surface area (Å²) < 4.78 is 13.1. The first kappa shape index (κ1) is 17.7. The number of nitrogens with one attached hydrogen (secondary N) is 1. The lowest BCUT2D eigenvalue weighted by Gasteiger charge is -2.36. The molecule has 1 amide bonds. The van der Waals surface area contributed by atoms with Gasteiger partial charge in [-0.05, 0) is 24.1 Å². The molecule has 0 saturated carbocycles. The van der Waals surface area contributed by atoms with Gasteiger partial charge < -0.3 is 10.4 Å². The maximum absolute atomic E-state index is 13.1. The van der Waals surface area contributed by atoms with Gasteiger partial charge in [0.2, 0.25) is 0 Å². The average molecular weight is 365 g/mol. The van der Waals surface area contributed by atoms with Crippen LogP contribution < -0.4 is 5.32 Å². The molecular formula is C17H18ClFN4O2. The van der Waals surface area contributed by atoms with Crippen molar-refractivity contribution in [3.05, 3.63) is 58.9 Å². The fourth-order valence-corrected chi connectivity index (χ4v) is 3.09. The zero-order chi connectivity index (χ0) is 17.8. The van der Waals surface area contributed by atoms with E-state index in [0.29, 0.717) is 31.1 Å². The summed E-state index contributed by atoms with van der Waals surface area (Å²) in [6, 6.07) is 3.94. The van der Waals surface area contributed by atoms with Crippen LogP contribution in [0.2, 0.25) is 5.02 Å². The number of carbonyl (C=O) groups is 1. The molecule has 2 heterocycles. The van der Waals surface area contributed by atoms with Gasteiger partial charge >= 0.3 is 0 Å². The molecule has 0 aliphatic carbocycles. The molecule has 1 aliphatic heterocycles. The van der Waals surface area contributed by atoms with E-state index in [0.717, 1.165) is 5.56 Å². The molecule has 0 radical (unpaired) electrons. The summed E-state index contributed by atoms with van der Waals surface area (Å²) >= 11 is 6.05. The number of halogens is 2. The Hall–Kier alpha value is -2.09. The van der Waals surface area contributed by atoms with E-state index in [4.69, 9.17) is 11.6 Å². The summed E-state index contributed by atoms with van der Waals surface area (Å²) in [5, 5.41) is 13.5. The number of hydrogen-bond donors (Lipinski definition) is 2. The third-order valence-electron chi connectivity index (χ3n) is 4.19. The Morgan fingerprint density at radius 3 is 2.96 bits per heavy atom. The van der Waals surface area contributed by atoms with E-state index >= 15 is 0 Å². The van der Waals surface area contributed by atoms with Gasteiger partial charge in [-0.15, -0.1) is 0 Å².